The van der Waals surface area contributed by atoms with Gasteiger partial charge in [-0.2, -0.15) is 0 Å². The highest BCUT2D eigenvalue weighted by atomic mass is 16.5. The maximum atomic E-state index is 5.76. The van der Waals surface area contributed by atoms with Crippen LogP contribution in [0.5, 0.6) is 0 Å². The van der Waals surface area contributed by atoms with E-state index in [1.807, 2.05) is 19.1 Å². The summed E-state index contributed by atoms with van der Waals surface area (Å²) >= 11 is 0. The van der Waals surface area contributed by atoms with E-state index in [9.17, 15) is 0 Å². The second-order valence-electron chi connectivity index (χ2n) is 4.53. The van der Waals surface area contributed by atoms with E-state index in [1.54, 1.807) is 0 Å². The predicted molar refractivity (Wildman–Crippen MR) is 67.3 cm³/mol. The van der Waals surface area contributed by atoms with Crippen molar-refractivity contribution in [3.8, 4) is 0 Å². The quantitative estimate of drug-likeness (QED) is 0.861. The van der Waals surface area contributed by atoms with Crippen LogP contribution in [0, 0.1) is 6.92 Å². The van der Waals surface area contributed by atoms with Gasteiger partial charge in [0.1, 0.15) is 11.3 Å². The predicted octanol–water partition coefficient (Wildman–Crippen LogP) is 2.27. The third kappa shape index (κ3) is 2.08. The number of benzene rings is 1. The zero-order chi connectivity index (χ0) is 11.7. The Hall–Kier alpha value is -1.32. The van der Waals surface area contributed by atoms with E-state index in [4.69, 9.17) is 9.15 Å². The minimum atomic E-state index is 0.267. The molecule has 1 unspecified atom stereocenters. The summed E-state index contributed by atoms with van der Waals surface area (Å²) in [5.74, 6) is 1.01. The van der Waals surface area contributed by atoms with Crippen LogP contribution in [0.4, 0.5) is 0 Å². The van der Waals surface area contributed by atoms with Crippen LogP contribution in [0.15, 0.2) is 28.7 Å². The number of rotatable bonds is 2. The van der Waals surface area contributed by atoms with Gasteiger partial charge >= 0.3 is 0 Å². The summed E-state index contributed by atoms with van der Waals surface area (Å²) in [6.07, 6.45) is 1.19. The lowest BCUT2D eigenvalue weighted by Gasteiger charge is -2.23. The summed E-state index contributed by atoms with van der Waals surface area (Å²) in [6.45, 7) is 4.73. The average Bonchev–Trinajstić information content (AvgIpc) is 2.68. The van der Waals surface area contributed by atoms with Crippen LogP contribution in [0.2, 0.25) is 0 Å². The van der Waals surface area contributed by atoms with Crippen molar-refractivity contribution in [2.75, 3.05) is 19.7 Å². The molecule has 2 heterocycles. The van der Waals surface area contributed by atoms with Crippen LogP contribution >= 0.6 is 0 Å². The molecule has 0 spiro atoms. The number of furan rings is 1. The van der Waals surface area contributed by atoms with E-state index >= 15 is 0 Å². The fraction of sp³-hybridized carbons (Fsp3) is 0.429. The standard InChI is InChI=1S/C14H17NO2/c1-10-13(8-11-9-15-6-7-16-11)12-4-2-3-5-14(12)17-10/h2-5,11,15H,6-9H2,1H3. The lowest BCUT2D eigenvalue weighted by molar-refractivity contribution is 0.0292. The van der Waals surface area contributed by atoms with Gasteiger partial charge in [-0.05, 0) is 13.0 Å². The summed E-state index contributed by atoms with van der Waals surface area (Å²) < 4.78 is 11.5. The Labute approximate surface area is 101 Å². The van der Waals surface area contributed by atoms with Crippen molar-refractivity contribution in [3.63, 3.8) is 0 Å². The van der Waals surface area contributed by atoms with Crippen LogP contribution in [0.1, 0.15) is 11.3 Å². The van der Waals surface area contributed by atoms with Gasteiger partial charge < -0.3 is 14.5 Å². The van der Waals surface area contributed by atoms with Crippen LogP contribution in [-0.2, 0) is 11.2 Å². The molecule has 0 bridgehead atoms. The molecule has 17 heavy (non-hydrogen) atoms. The molecule has 1 aromatic heterocycles. The zero-order valence-corrected chi connectivity index (χ0v) is 10.0. The molecule has 90 valence electrons. The normalized spacial score (nSPS) is 20.9. The number of ether oxygens (including phenoxy) is 1. The number of aryl methyl sites for hydroxylation is 1. The first-order valence-corrected chi connectivity index (χ1v) is 6.14. The van der Waals surface area contributed by atoms with E-state index in [0.717, 1.165) is 37.5 Å². The highest BCUT2D eigenvalue weighted by Crippen LogP contribution is 2.26. The molecule has 1 aliphatic rings. The molecule has 0 radical (unpaired) electrons. The highest BCUT2D eigenvalue weighted by molar-refractivity contribution is 5.82. The van der Waals surface area contributed by atoms with Crippen molar-refractivity contribution in [1.82, 2.24) is 5.32 Å². The Balaban J connectivity index is 1.90. The van der Waals surface area contributed by atoms with Gasteiger partial charge in [-0.25, -0.2) is 0 Å². The van der Waals surface area contributed by atoms with Gasteiger partial charge in [0.05, 0.1) is 12.7 Å². The summed E-state index contributed by atoms with van der Waals surface area (Å²) in [7, 11) is 0. The SMILES string of the molecule is Cc1oc2ccccc2c1CC1CNCCO1. The minimum absolute atomic E-state index is 0.267. The number of morpholine rings is 1. The van der Waals surface area contributed by atoms with Crippen molar-refractivity contribution >= 4 is 11.0 Å². The molecular formula is C14H17NO2. The van der Waals surface area contributed by atoms with Gasteiger partial charge in [0.25, 0.3) is 0 Å². The van der Waals surface area contributed by atoms with E-state index in [-0.39, 0.29) is 6.10 Å². The second kappa shape index (κ2) is 4.51. The van der Waals surface area contributed by atoms with Gasteiger partial charge in [-0.3, -0.25) is 0 Å². The number of hydrogen-bond donors (Lipinski definition) is 1. The molecule has 3 heteroatoms. The Morgan fingerprint density at radius 2 is 2.24 bits per heavy atom. The van der Waals surface area contributed by atoms with Gasteiger partial charge in [0, 0.05) is 30.5 Å². The molecule has 1 fully saturated rings. The average molecular weight is 231 g/mol. The third-order valence-electron chi connectivity index (χ3n) is 3.34. The third-order valence-corrected chi connectivity index (χ3v) is 3.34. The van der Waals surface area contributed by atoms with E-state index < -0.39 is 0 Å². The van der Waals surface area contributed by atoms with Crippen LogP contribution in [0.3, 0.4) is 0 Å². The van der Waals surface area contributed by atoms with Crippen molar-refractivity contribution in [1.29, 1.82) is 0 Å². The highest BCUT2D eigenvalue weighted by Gasteiger charge is 2.18. The number of hydrogen-bond acceptors (Lipinski definition) is 3. The first-order valence-electron chi connectivity index (χ1n) is 6.14. The van der Waals surface area contributed by atoms with Crippen molar-refractivity contribution in [2.24, 2.45) is 0 Å². The van der Waals surface area contributed by atoms with Gasteiger partial charge in [-0.1, -0.05) is 18.2 Å². The molecule has 0 aliphatic carbocycles. The molecule has 1 saturated heterocycles. The zero-order valence-electron chi connectivity index (χ0n) is 10.0. The van der Waals surface area contributed by atoms with Gasteiger partial charge in [-0.15, -0.1) is 0 Å². The Bertz CT molecular complexity index is 512. The molecule has 3 nitrogen and oxygen atoms in total. The number of nitrogens with one attached hydrogen (secondary N) is 1. The summed E-state index contributed by atoms with van der Waals surface area (Å²) in [5, 5.41) is 4.58. The summed E-state index contributed by atoms with van der Waals surface area (Å²) in [6, 6.07) is 8.21. The molecule has 1 aromatic carbocycles. The first kappa shape index (κ1) is 10.8. The molecule has 2 aromatic rings. The molecule has 3 rings (SSSR count). The van der Waals surface area contributed by atoms with E-state index in [2.05, 4.69) is 17.4 Å². The minimum Gasteiger partial charge on any atom is -0.461 e. The van der Waals surface area contributed by atoms with E-state index in [0.29, 0.717) is 0 Å². The fourth-order valence-corrected chi connectivity index (χ4v) is 2.45. The number of fused-ring (bicyclic) bond motifs is 1. The topological polar surface area (TPSA) is 34.4 Å². The maximum Gasteiger partial charge on any atom is 0.134 e. The number of para-hydroxylation sites is 1. The monoisotopic (exact) mass is 231 g/mol. The van der Waals surface area contributed by atoms with E-state index in [1.165, 1.54) is 10.9 Å². The van der Waals surface area contributed by atoms with Gasteiger partial charge in [0.2, 0.25) is 0 Å². The van der Waals surface area contributed by atoms with Crippen LogP contribution < -0.4 is 5.32 Å². The Morgan fingerprint density at radius 1 is 1.35 bits per heavy atom. The van der Waals surface area contributed by atoms with Gasteiger partial charge in [0.15, 0.2) is 0 Å². The lowest BCUT2D eigenvalue weighted by Crippen LogP contribution is -2.39. The summed E-state index contributed by atoms with van der Waals surface area (Å²) in [5.41, 5.74) is 2.26. The van der Waals surface area contributed by atoms with Crippen molar-refractivity contribution < 1.29 is 9.15 Å². The molecular weight excluding hydrogens is 214 g/mol. The van der Waals surface area contributed by atoms with Crippen molar-refractivity contribution in [3.05, 3.63) is 35.6 Å². The second-order valence-corrected chi connectivity index (χ2v) is 4.53. The fourth-order valence-electron chi connectivity index (χ4n) is 2.45. The first-order chi connectivity index (χ1) is 8.34. The molecule has 0 amide bonds. The largest absolute Gasteiger partial charge is 0.461 e. The molecule has 1 N–H and O–H groups in total. The lowest BCUT2D eigenvalue weighted by atomic mass is 10.0. The Morgan fingerprint density at radius 3 is 3.06 bits per heavy atom. The molecule has 0 saturated carbocycles. The Kier molecular flexibility index (Phi) is 2.87. The van der Waals surface area contributed by atoms with Crippen LogP contribution in [0.25, 0.3) is 11.0 Å². The van der Waals surface area contributed by atoms with Crippen LogP contribution in [-0.4, -0.2) is 25.8 Å². The van der Waals surface area contributed by atoms with Crippen molar-refractivity contribution in [2.45, 2.75) is 19.4 Å². The maximum absolute atomic E-state index is 5.76. The smallest absolute Gasteiger partial charge is 0.134 e. The summed E-state index contributed by atoms with van der Waals surface area (Å²) in [4.78, 5) is 0. The molecule has 1 atom stereocenters. The molecule has 1 aliphatic heterocycles.